The minimum absolute atomic E-state index is 0. The van der Waals surface area contributed by atoms with E-state index in [1.807, 2.05) is 24.3 Å². The first-order chi connectivity index (χ1) is 7.50. The fourth-order valence-electron chi connectivity index (χ4n) is 1.90. The van der Waals surface area contributed by atoms with Gasteiger partial charge in [-0.2, -0.15) is 0 Å². The molecule has 1 aromatic rings. The molecule has 0 bridgehead atoms. The first kappa shape index (κ1) is 14.3. The SMILES string of the molecule is CC1(C)COC(=O)N[C@H]1c1ccccc1Br.Cl. The summed E-state index contributed by atoms with van der Waals surface area (Å²) >= 11 is 3.51. The quantitative estimate of drug-likeness (QED) is 0.857. The van der Waals surface area contributed by atoms with Crippen molar-refractivity contribution in [2.75, 3.05) is 6.61 Å². The molecule has 17 heavy (non-hydrogen) atoms. The summed E-state index contributed by atoms with van der Waals surface area (Å²) < 4.78 is 6.03. The lowest BCUT2D eigenvalue weighted by molar-refractivity contribution is 0.0385. The predicted molar refractivity (Wildman–Crippen MR) is 72.4 cm³/mol. The number of hydrogen-bond donors (Lipinski definition) is 1. The minimum atomic E-state index is -0.347. The maximum Gasteiger partial charge on any atom is 0.407 e. The van der Waals surface area contributed by atoms with Crippen LogP contribution in [0.2, 0.25) is 0 Å². The third kappa shape index (κ3) is 2.93. The van der Waals surface area contributed by atoms with Crippen LogP contribution in [0.5, 0.6) is 0 Å². The van der Waals surface area contributed by atoms with E-state index in [1.165, 1.54) is 0 Å². The van der Waals surface area contributed by atoms with Gasteiger partial charge in [-0.15, -0.1) is 12.4 Å². The van der Waals surface area contributed by atoms with Crippen LogP contribution in [0.25, 0.3) is 0 Å². The van der Waals surface area contributed by atoms with Crippen molar-refractivity contribution in [3.63, 3.8) is 0 Å². The fourth-order valence-corrected chi connectivity index (χ4v) is 2.41. The molecule has 1 saturated heterocycles. The molecule has 0 saturated carbocycles. The Balaban J connectivity index is 0.00000144. The Morgan fingerprint density at radius 1 is 1.41 bits per heavy atom. The summed E-state index contributed by atoms with van der Waals surface area (Å²) in [5.41, 5.74) is 0.974. The Morgan fingerprint density at radius 3 is 2.71 bits per heavy atom. The molecule has 3 nitrogen and oxygen atoms in total. The van der Waals surface area contributed by atoms with Crippen LogP contribution in [0.15, 0.2) is 28.7 Å². The molecule has 1 amide bonds. The topological polar surface area (TPSA) is 38.3 Å². The first-order valence-corrected chi connectivity index (χ1v) is 5.98. The van der Waals surface area contributed by atoms with Gasteiger partial charge in [0.2, 0.25) is 0 Å². The van der Waals surface area contributed by atoms with Gasteiger partial charge < -0.3 is 10.1 Å². The van der Waals surface area contributed by atoms with Crippen molar-refractivity contribution < 1.29 is 9.53 Å². The van der Waals surface area contributed by atoms with Crippen LogP contribution >= 0.6 is 28.3 Å². The second-order valence-electron chi connectivity index (χ2n) is 4.66. The zero-order valence-corrected chi connectivity index (χ0v) is 12.1. The van der Waals surface area contributed by atoms with E-state index < -0.39 is 0 Å². The third-order valence-electron chi connectivity index (χ3n) is 2.84. The zero-order chi connectivity index (χ0) is 11.8. The number of nitrogens with one attached hydrogen (secondary N) is 1. The van der Waals surface area contributed by atoms with Crippen LogP contribution in [0.3, 0.4) is 0 Å². The Bertz CT molecular complexity index is 423. The number of benzene rings is 1. The van der Waals surface area contributed by atoms with E-state index in [9.17, 15) is 4.79 Å². The van der Waals surface area contributed by atoms with Crippen LogP contribution in [0.1, 0.15) is 25.5 Å². The average molecular weight is 321 g/mol. The van der Waals surface area contributed by atoms with Crippen LogP contribution in [-0.2, 0) is 4.74 Å². The number of halogens is 2. The van der Waals surface area contributed by atoms with E-state index >= 15 is 0 Å². The predicted octanol–water partition coefficient (Wildman–Crippen LogP) is 3.68. The molecule has 94 valence electrons. The van der Waals surface area contributed by atoms with Gasteiger partial charge in [0.25, 0.3) is 0 Å². The number of alkyl carbamates (subject to hydrolysis) is 1. The van der Waals surface area contributed by atoms with E-state index in [4.69, 9.17) is 4.74 Å². The lowest BCUT2D eigenvalue weighted by Crippen LogP contribution is -2.47. The largest absolute Gasteiger partial charge is 0.449 e. The molecule has 1 atom stereocenters. The van der Waals surface area contributed by atoms with E-state index in [-0.39, 0.29) is 30.0 Å². The number of rotatable bonds is 1. The van der Waals surface area contributed by atoms with E-state index in [0.717, 1.165) is 10.0 Å². The van der Waals surface area contributed by atoms with E-state index in [1.54, 1.807) is 0 Å². The molecule has 2 rings (SSSR count). The van der Waals surface area contributed by atoms with Crippen LogP contribution in [0, 0.1) is 5.41 Å². The van der Waals surface area contributed by atoms with Gasteiger partial charge in [-0.25, -0.2) is 4.79 Å². The van der Waals surface area contributed by atoms with Gasteiger partial charge in [-0.3, -0.25) is 0 Å². The highest BCUT2D eigenvalue weighted by Gasteiger charge is 2.38. The molecule has 5 heteroatoms. The molecule has 0 aromatic heterocycles. The summed E-state index contributed by atoms with van der Waals surface area (Å²) in [6.45, 7) is 4.60. The summed E-state index contributed by atoms with van der Waals surface area (Å²) in [5, 5.41) is 2.87. The van der Waals surface area contributed by atoms with Crippen LogP contribution in [0.4, 0.5) is 4.79 Å². The van der Waals surface area contributed by atoms with Crippen molar-refractivity contribution in [2.24, 2.45) is 5.41 Å². The molecule has 0 aliphatic carbocycles. The highest BCUT2D eigenvalue weighted by molar-refractivity contribution is 9.10. The van der Waals surface area contributed by atoms with Gasteiger partial charge in [-0.1, -0.05) is 48.0 Å². The third-order valence-corrected chi connectivity index (χ3v) is 3.56. The minimum Gasteiger partial charge on any atom is -0.449 e. The van der Waals surface area contributed by atoms with Crippen molar-refractivity contribution in [1.29, 1.82) is 0 Å². The van der Waals surface area contributed by atoms with Gasteiger partial charge in [0, 0.05) is 9.89 Å². The molecule has 1 aliphatic rings. The lowest BCUT2D eigenvalue weighted by Gasteiger charge is -2.38. The number of carbonyl (C=O) groups excluding carboxylic acids is 1. The van der Waals surface area contributed by atoms with Gasteiger partial charge >= 0.3 is 6.09 Å². The maximum atomic E-state index is 11.3. The summed E-state index contributed by atoms with van der Waals surface area (Å²) in [6, 6.07) is 7.90. The Hall–Kier alpha value is -0.740. The van der Waals surface area contributed by atoms with Gasteiger partial charge in [0.1, 0.15) is 6.61 Å². The highest BCUT2D eigenvalue weighted by atomic mass is 79.9. The Labute approximate surface area is 115 Å². The smallest absolute Gasteiger partial charge is 0.407 e. The molecule has 1 heterocycles. The molecule has 0 unspecified atom stereocenters. The van der Waals surface area contributed by atoms with Crippen LogP contribution in [-0.4, -0.2) is 12.7 Å². The number of ether oxygens (including phenoxy) is 1. The summed E-state index contributed by atoms with van der Waals surface area (Å²) in [5.74, 6) is 0. The number of amides is 1. The summed E-state index contributed by atoms with van der Waals surface area (Å²) in [6.07, 6.45) is -0.347. The monoisotopic (exact) mass is 319 g/mol. The average Bonchev–Trinajstić information content (AvgIpc) is 2.23. The molecule has 1 aromatic carbocycles. The van der Waals surface area contributed by atoms with Crippen LogP contribution < -0.4 is 5.32 Å². The maximum absolute atomic E-state index is 11.3. The standard InChI is InChI=1S/C12H14BrNO2.ClH/c1-12(2)7-16-11(15)14-10(12)8-5-3-4-6-9(8)13;/h3-6,10H,7H2,1-2H3,(H,14,15);1H/t10-;/m0./s1. The summed E-state index contributed by atoms with van der Waals surface area (Å²) in [4.78, 5) is 11.3. The van der Waals surface area contributed by atoms with Crippen molar-refractivity contribution in [2.45, 2.75) is 19.9 Å². The van der Waals surface area contributed by atoms with Crippen molar-refractivity contribution >= 4 is 34.4 Å². The zero-order valence-electron chi connectivity index (χ0n) is 9.70. The molecule has 0 radical (unpaired) electrons. The fraction of sp³-hybridized carbons (Fsp3) is 0.417. The second kappa shape index (κ2) is 5.27. The van der Waals surface area contributed by atoms with E-state index in [0.29, 0.717) is 6.61 Å². The summed E-state index contributed by atoms with van der Waals surface area (Å²) in [7, 11) is 0. The highest BCUT2D eigenvalue weighted by Crippen LogP contribution is 2.38. The molecule has 1 fully saturated rings. The van der Waals surface area contributed by atoms with Crippen molar-refractivity contribution in [3.05, 3.63) is 34.3 Å². The normalized spacial score (nSPS) is 22.1. The van der Waals surface area contributed by atoms with Gasteiger partial charge in [0.05, 0.1) is 6.04 Å². The van der Waals surface area contributed by atoms with Crippen molar-refractivity contribution in [1.82, 2.24) is 5.32 Å². The second-order valence-corrected chi connectivity index (χ2v) is 5.52. The van der Waals surface area contributed by atoms with Gasteiger partial charge in [0.15, 0.2) is 0 Å². The lowest BCUT2D eigenvalue weighted by atomic mass is 9.80. The Morgan fingerprint density at radius 2 is 2.06 bits per heavy atom. The number of carbonyl (C=O) groups is 1. The van der Waals surface area contributed by atoms with Gasteiger partial charge in [-0.05, 0) is 11.6 Å². The first-order valence-electron chi connectivity index (χ1n) is 5.18. The molecule has 0 spiro atoms. The number of cyclic esters (lactones) is 1. The molecular weight excluding hydrogens is 305 g/mol. The van der Waals surface area contributed by atoms with Crippen molar-refractivity contribution in [3.8, 4) is 0 Å². The van der Waals surface area contributed by atoms with E-state index in [2.05, 4.69) is 35.1 Å². The molecule has 1 N–H and O–H groups in total. The molecular formula is C12H15BrClNO2. The molecule has 1 aliphatic heterocycles. The Kier molecular flexibility index (Phi) is 4.44. The number of hydrogen-bond acceptors (Lipinski definition) is 2.